The van der Waals surface area contributed by atoms with Gasteiger partial charge in [0.1, 0.15) is 5.84 Å². The van der Waals surface area contributed by atoms with Gasteiger partial charge in [-0.05, 0) is 18.4 Å². The minimum Gasteiger partial charge on any atom is -0.387 e. The molecule has 92 valence electrons. The largest absolute Gasteiger partial charge is 0.387 e. The van der Waals surface area contributed by atoms with Crippen LogP contribution in [-0.2, 0) is 10.2 Å². The molecule has 0 atom stereocenters. The van der Waals surface area contributed by atoms with Crippen LogP contribution >= 0.6 is 0 Å². The zero-order chi connectivity index (χ0) is 12.1. The average molecular weight is 232 g/mol. The summed E-state index contributed by atoms with van der Waals surface area (Å²) in [5.41, 5.74) is 7.47. The average Bonchev–Trinajstić information content (AvgIpc) is 2.29. The minimum absolute atomic E-state index is 0.00496. The van der Waals surface area contributed by atoms with Crippen LogP contribution < -0.4 is 5.73 Å². The van der Waals surface area contributed by atoms with Gasteiger partial charge in [-0.2, -0.15) is 0 Å². The smallest absolute Gasteiger partial charge is 0.104 e. The third-order valence-electron chi connectivity index (χ3n) is 3.60. The highest BCUT2D eigenvalue weighted by atomic mass is 16.5. The van der Waals surface area contributed by atoms with E-state index >= 15 is 0 Å². The van der Waals surface area contributed by atoms with Crippen molar-refractivity contribution in [3.63, 3.8) is 0 Å². The van der Waals surface area contributed by atoms with Crippen molar-refractivity contribution < 1.29 is 4.74 Å². The number of rotatable bonds is 5. The second-order valence-corrected chi connectivity index (χ2v) is 4.56. The minimum atomic E-state index is -0.00496. The first-order valence-corrected chi connectivity index (χ1v) is 6.14. The normalized spacial score (nSPS) is 18.8. The van der Waals surface area contributed by atoms with Gasteiger partial charge in [0.15, 0.2) is 0 Å². The molecule has 3 heteroatoms. The summed E-state index contributed by atoms with van der Waals surface area (Å²) in [6, 6.07) is 10.5. The number of ether oxygens (including phenoxy) is 1. The summed E-state index contributed by atoms with van der Waals surface area (Å²) in [7, 11) is 1.68. The van der Waals surface area contributed by atoms with E-state index in [2.05, 4.69) is 29.3 Å². The zero-order valence-corrected chi connectivity index (χ0v) is 10.4. The molecular weight excluding hydrogens is 212 g/mol. The number of benzene rings is 1. The Morgan fingerprint density at radius 1 is 1.35 bits per heavy atom. The maximum atomic E-state index is 6.18. The van der Waals surface area contributed by atoms with Crippen molar-refractivity contribution in [2.24, 2.45) is 10.7 Å². The highest BCUT2D eigenvalue weighted by Crippen LogP contribution is 2.43. The molecule has 0 aromatic heterocycles. The Morgan fingerprint density at radius 2 is 2.06 bits per heavy atom. The molecule has 0 bridgehead atoms. The number of aliphatic imine (C=N–C) groups is 1. The van der Waals surface area contributed by atoms with Crippen LogP contribution in [0.1, 0.15) is 24.8 Å². The Labute approximate surface area is 103 Å². The standard InChI is InChI=1S/C14H20N2O/c1-17-11-10-16-13(15)14(8-5-9-14)12-6-3-2-4-7-12/h2-4,6-7H,5,8-11H2,1H3,(H2,15,16). The molecule has 0 unspecified atom stereocenters. The Morgan fingerprint density at radius 3 is 2.59 bits per heavy atom. The van der Waals surface area contributed by atoms with Gasteiger partial charge in [-0.1, -0.05) is 36.8 Å². The SMILES string of the molecule is COCCN=C(N)C1(c2ccccc2)CCC1. The molecule has 17 heavy (non-hydrogen) atoms. The van der Waals surface area contributed by atoms with Gasteiger partial charge in [-0.3, -0.25) is 4.99 Å². The molecule has 1 aromatic carbocycles. The molecule has 0 heterocycles. The molecule has 1 aromatic rings. The van der Waals surface area contributed by atoms with Crippen LogP contribution in [0.5, 0.6) is 0 Å². The lowest BCUT2D eigenvalue weighted by Gasteiger charge is -2.41. The van der Waals surface area contributed by atoms with Crippen molar-refractivity contribution in [2.75, 3.05) is 20.3 Å². The maximum absolute atomic E-state index is 6.18. The van der Waals surface area contributed by atoms with Crippen LogP contribution in [-0.4, -0.2) is 26.1 Å². The molecule has 2 rings (SSSR count). The molecule has 0 amide bonds. The zero-order valence-electron chi connectivity index (χ0n) is 10.4. The second kappa shape index (κ2) is 5.32. The fourth-order valence-electron chi connectivity index (χ4n) is 2.39. The van der Waals surface area contributed by atoms with Crippen molar-refractivity contribution >= 4 is 5.84 Å². The van der Waals surface area contributed by atoms with E-state index in [1.54, 1.807) is 7.11 Å². The van der Waals surface area contributed by atoms with Crippen LogP contribution in [0.15, 0.2) is 35.3 Å². The Balaban J connectivity index is 2.17. The van der Waals surface area contributed by atoms with Gasteiger partial charge in [0, 0.05) is 7.11 Å². The summed E-state index contributed by atoms with van der Waals surface area (Å²) in [4.78, 5) is 4.45. The molecule has 2 N–H and O–H groups in total. The third kappa shape index (κ3) is 2.34. The van der Waals surface area contributed by atoms with Crippen LogP contribution in [0.4, 0.5) is 0 Å². The number of nitrogens with two attached hydrogens (primary N) is 1. The van der Waals surface area contributed by atoms with Gasteiger partial charge < -0.3 is 10.5 Å². The molecular formula is C14H20N2O. The summed E-state index contributed by atoms with van der Waals surface area (Å²) in [6.07, 6.45) is 3.45. The van der Waals surface area contributed by atoms with E-state index < -0.39 is 0 Å². The monoisotopic (exact) mass is 232 g/mol. The van der Waals surface area contributed by atoms with Gasteiger partial charge in [0.25, 0.3) is 0 Å². The van der Waals surface area contributed by atoms with Crippen molar-refractivity contribution in [1.82, 2.24) is 0 Å². The summed E-state index contributed by atoms with van der Waals surface area (Å²) < 4.78 is 5.00. The van der Waals surface area contributed by atoms with Crippen molar-refractivity contribution in [3.05, 3.63) is 35.9 Å². The van der Waals surface area contributed by atoms with E-state index in [9.17, 15) is 0 Å². The molecule has 0 saturated heterocycles. The third-order valence-corrected chi connectivity index (χ3v) is 3.60. The van der Waals surface area contributed by atoms with Crippen LogP contribution in [0, 0.1) is 0 Å². The highest BCUT2D eigenvalue weighted by Gasteiger charge is 2.42. The molecule has 1 fully saturated rings. The van der Waals surface area contributed by atoms with Crippen molar-refractivity contribution in [2.45, 2.75) is 24.7 Å². The van der Waals surface area contributed by atoms with Gasteiger partial charge in [-0.15, -0.1) is 0 Å². The first-order chi connectivity index (χ1) is 8.29. The lowest BCUT2D eigenvalue weighted by atomic mass is 9.63. The van der Waals surface area contributed by atoms with E-state index in [0.717, 1.165) is 18.7 Å². The first kappa shape index (κ1) is 12.1. The molecule has 0 radical (unpaired) electrons. The predicted octanol–water partition coefficient (Wildman–Crippen LogP) is 2.11. The molecule has 0 spiro atoms. The van der Waals surface area contributed by atoms with E-state index in [-0.39, 0.29) is 5.41 Å². The van der Waals surface area contributed by atoms with Gasteiger partial charge >= 0.3 is 0 Å². The Kier molecular flexibility index (Phi) is 3.79. The van der Waals surface area contributed by atoms with E-state index in [4.69, 9.17) is 10.5 Å². The van der Waals surface area contributed by atoms with Crippen molar-refractivity contribution in [1.29, 1.82) is 0 Å². The molecule has 1 aliphatic rings. The summed E-state index contributed by atoms with van der Waals surface area (Å²) in [5, 5.41) is 0. The Bertz CT molecular complexity index is 382. The number of amidine groups is 1. The Hall–Kier alpha value is -1.35. The van der Waals surface area contributed by atoms with E-state index in [1.165, 1.54) is 12.0 Å². The lowest BCUT2D eigenvalue weighted by molar-refractivity contribution is 0.207. The number of hydrogen-bond acceptors (Lipinski definition) is 2. The van der Waals surface area contributed by atoms with Crippen LogP contribution in [0.3, 0.4) is 0 Å². The molecule has 1 saturated carbocycles. The molecule has 3 nitrogen and oxygen atoms in total. The van der Waals surface area contributed by atoms with Crippen LogP contribution in [0.2, 0.25) is 0 Å². The lowest BCUT2D eigenvalue weighted by Crippen LogP contribution is -2.47. The quantitative estimate of drug-likeness (QED) is 0.480. The molecule has 0 aliphatic heterocycles. The maximum Gasteiger partial charge on any atom is 0.104 e. The fourth-order valence-corrected chi connectivity index (χ4v) is 2.39. The van der Waals surface area contributed by atoms with Gasteiger partial charge in [0.2, 0.25) is 0 Å². The topological polar surface area (TPSA) is 47.6 Å². The number of methoxy groups -OCH3 is 1. The number of hydrogen-bond donors (Lipinski definition) is 1. The van der Waals surface area contributed by atoms with Gasteiger partial charge in [0.05, 0.1) is 18.6 Å². The molecule has 1 aliphatic carbocycles. The summed E-state index contributed by atoms with van der Waals surface area (Å²) in [5.74, 6) is 0.770. The van der Waals surface area contributed by atoms with Crippen molar-refractivity contribution in [3.8, 4) is 0 Å². The van der Waals surface area contributed by atoms with E-state index in [0.29, 0.717) is 13.2 Å². The van der Waals surface area contributed by atoms with E-state index in [1.807, 2.05) is 6.07 Å². The second-order valence-electron chi connectivity index (χ2n) is 4.56. The van der Waals surface area contributed by atoms with Crippen LogP contribution in [0.25, 0.3) is 0 Å². The fraction of sp³-hybridized carbons (Fsp3) is 0.500. The number of nitrogens with zero attached hydrogens (tertiary/aromatic N) is 1. The summed E-state index contributed by atoms with van der Waals surface area (Å²) in [6.45, 7) is 1.28. The first-order valence-electron chi connectivity index (χ1n) is 6.14. The highest BCUT2D eigenvalue weighted by molar-refractivity contribution is 5.92. The van der Waals surface area contributed by atoms with Gasteiger partial charge in [-0.25, -0.2) is 0 Å². The predicted molar refractivity (Wildman–Crippen MR) is 70.3 cm³/mol. The summed E-state index contributed by atoms with van der Waals surface area (Å²) >= 11 is 0.